The van der Waals surface area contributed by atoms with Crippen molar-refractivity contribution in [3.8, 4) is 11.4 Å². The summed E-state index contributed by atoms with van der Waals surface area (Å²) in [6.45, 7) is 10.4. The smallest absolute Gasteiger partial charge is 0.200 e. The van der Waals surface area contributed by atoms with E-state index in [9.17, 15) is 5.11 Å². The van der Waals surface area contributed by atoms with Gasteiger partial charge in [0.2, 0.25) is 0 Å². The standard InChI is InChI=1S/C20H27N7O/c1-13(2)20(4,28)19(3)12-27(11-10-23-19)15-7-5-6-14(24-15)16-17-18(26-25-16)22-9-8-21-17/h5-9,13,23,28H,10-12H2,1-4H3,(H,22,25,26)/t19-,20+/m0/s1. The van der Waals surface area contributed by atoms with E-state index in [1.165, 1.54) is 0 Å². The number of nitrogens with one attached hydrogen (secondary N) is 2. The van der Waals surface area contributed by atoms with E-state index in [1.807, 2.05) is 25.1 Å². The molecule has 4 rings (SSSR count). The second kappa shape index (κ2) is 6.79. The third kappa shape index (κ3) is 3.02. The quantitative estimate of drug-likeness (QED) is 0.635. The number of aromatic nitrogens is 5. The number of aliphatic hydroxyl groups is 1. The first-order chi connectivity index (χ1) is 13.3. The highest BCUT2D eigenvalue weighted by Crippen LogP contribution is 2.33. The summed E-state index contributed by atoms with van der Waals surface area (Å²) in [5.41, 5.74) is 1.53. The van der Waals surface area contributed by atoms with Crippen LogP contribution in [0.4, 0.5) is 5.82 Å². The molecule has 1 aliphatic heterocycles. The van der Waals surface area contributed by atoms with Gasteiger partial charge in [-0.25, -0.2) is 15.0 Å². The van der Waals surface area contributed by atoms with Crippen LogP contribution in [-0.2, 0) is 0 Å². The summed E-state index contributed by atoms with van der Waals surface area (Å²) < 4.78 is 0. The molecule has 4 heterocycles. The van der Waals surface area contributed by atoms with Gasteiger partial charge in [0.05, 0.1) is 16.8 Å². The first-order valence-electron chi connectivity index (χ1n) is 9.67. The van der Waals surface area contributed by atoms with Gasteiger partial charge in [-0.1, -0.05) is 19.9 Å². The number of nitrogens with zero attached hydrogens (tertiary/aromatic N) is 5. The van der Waals surface area contributed by atoms with E-state index in [1.54, 1.807) is 12.4 Å². The molecule has 148 valence electrons. The van der Waals surface area contributed by atoms with Crippen molar-refractivity contribution >= 4 is 17.0 Å². The van der Waals surface area contributed by atoms with Crippen LogP contribution in [-0.4, -0.2) is 61.0 Å². The maximum atomic E-state index is 11.1. The van der Waals surface area contributed by atoms with E-state index in [-0.39, 0.29) is 5.92 Å². The van der Waals surface area contributed by atoms with Crippen LogP contribution in [0.3, 0.4) is 0 Å². The number of piperazine rings is 1. The SMILES string of the molecule is CC(C)[C@@](C)(O)[C@]1(C)CN(c2cccc(-c3[nH]nc4nccnc34)n2)CCN1. The van der Waals surface area contributed by atoms with Gasteiger partial charge >= 0.3 is 0 Å². The van der Waals surface area contributed by atoms with E-state index in [4.69, 9.17) is 4.98 Å². The molecule has 8 heteroatoms. The van der Waals surface area contributed by atoms with Crippen LogP contribution < -0.4 is 10.2 Å². The van der Waals surface area contributed by atoms with Crippen molar-refractivity contribution in [1.29, 1.82) is 0 Å². The predicted octanol–water partition coefficient (Wildman–Crippen LogP) is 1.99. The van der Waals surface area contributed by atoms with Gasteiger partial charge in [-0.3, -0.25) is 5.10 Å². The van der Waals surface area contributed by atoms with Crippen molar-refractivity contribution in [1.82, 2.24) is 30.5 Å². The lowest BCUT2D eigenvalue weighted by Gasteiger charge is -2.51. The highest BCUT2D eigenvalue weighted by molar-refractivity contribution is 5.85. The zero-order valence-corrected chi connectivity index (χ0v) is 16.8. The summed E-state index contributed by atoms with van der Waals surface area (Å²) in [5, 5.41) is 21.9. The lowest BCUT2D eigenvalue weighted by molar-refractivity contribution is -0.0672. The van der Waals surface area contributed by atoms with Crippen LogP contribution in [0.1, 0.15) is 27.7 Å². The van der Waals surface area contributed by atoms with Gasteiger partial charge in [-0.15, -0.1) is 0 Å². The number of fused-ring (bicyclic) bond motifs is 1. The monoisotopic (exact) mass is 381 g/mol. The molecule has 3 N–H and O–H groups in total. The average molecular weight is 381 g/mol. The molecule has 0 unspecified atom stereocenters. The normalized spacial score (nSPS) is 22.6. The number of hydrogen-bond donors (Lipinski definition) is 3. The summed E-state index contributed by atoms with van der Waals surface area (Å²) >= 11 is 0. The average Bonchev–Trinajstić information content (AvgIpc) is 3.12. The molecule has 1 saturated heterocycles. The molecule has 0 spiro atoms. The van der Waals surface area contributed by atoms with E-state index < -0.39 is 11.1 Å². The van der Waals surface area contributed by atoms with E-state index in [0.717, 1.165) is 30.3 Å². The number of rotatable bonds is 4. The van der Waals surface area contributed by atoms with Gasteiger partial charge in [0.25, 0.3) is 0 Å². The Balaban J connectivity index is 1.66. The molecule has 3 aromatic heterocycles. The number of aromatic amines is 1. The summed E-state index contributed by atoms with van der Waals surface area (Å²) in [6.07, 6.45) is 3.28. The van der Waals surface area contributed by atoms with E-state index >= 15 is 0 Å². The van der Waals surface area contributed by atoms with Crippen molar-refractivity contribution in [2.24, 2.45) is 5.92 Å². The van der Waals surface area contributed by atoms with Crippen molar-refractivity contribution in [2.45, 2.75) is 38.8 Å². The summed E-state index contributed by atoms with van der Waals surface area (Å²) in [5.74, 6) is 0.996. The lowest BCUT2D eigenvalue weighted by Crippen LogP contribution is -2.70. The molecule has 0 radical (unpaired) electrons. The van der Waals surface area contributed by atoms with Crippen molar-refractivity contribution < 1.29 is 5.11 Å². The van der Waals surface area contributed by atoms with Gasteiger partial charge < -0.3 is 15.3 Å². The van der Waals surface area contributed by atoms with Crippen LogP contribution in [0.15, 0.2) is 30.6 Å². The number of H-pyrrole nitrogens is 1. The Hall–Kier alpha value is -2.58. The maximum absolute atomic E-state index is 11.1. The Morgan fingerprint density at radius 2 is 2.04 bits per heavy atom. The van der Waals surface area contributed by atoms with E-state index in [0.29, 0.717) is 17.7 Å². The third-order valence-corrected chi connectivity index (χ3v) is 6.15. The Bertz CT molecular complexity index is 983. The number of hydrogen-bond acceptors (Lipinski definition) is 7. The van der Waals surface area contributed by atoms with Crippen LogP contribution in [0.25, 0.3) is 22.6 Å². The molecular formula is C20H27N7O. The molecule has 8 nitrogen and oxygen atoms in total. The van der Waals surface area contributed by atoms with Crippen molar-refractivity contribution in [3.63, 3.8) is 0 Å². The minimum Gasteiger partial charge on any atom is -0.388 e. The van der Waals surface area contributed by atoms with Crippen LogP contribution in [0.5, 0.6) is 0 Å². The molecule has 0 saturated carbocycles. The molecule has 0 aromatic carbocycles. The fourth-order valence-corrected chi connectivity index (χ4v) is 3.82. The summed E-state index contributed by atoms with van der Waals surface area (Å²) in [7, 11) is 0. The molecule has 0 amide bonds. The molecule has 0 bridgehead atoms. The van der Waals surface area contributed by atoms with Gasteiger partial charge in [0.15, 0.2) is 5.65 Å². The molecular weight excluding hydrogens is 354 g/mol. The third-order valence-electron chi connectivity index (χ3n) is 6.15. The van der Waals surface area contributed by atoms with Gasteiger partial charge in [0, 0.05) is 32.0 Å². The molecule has 1 fully saturated rings. The zero-order chi connectivity index (χ0) is 19.9. The van der Waals surface area contributed by atoms with Gasteiger partial charge in [-0.2, -0.15) is 5.10 Å². The fraction of sp³-hybridized carbons (Fsp3) is 0.500. The second-order valence-corrected chi connectivity index (χ2v) is 8.19. The first kappa shape index (κ1) is 18.8. The highest BCUT2D eigenvalue weighted by atomic mass is 16.3. The van der Waals surface area contributed by atoms with E-state index in [2.05, 4.69) is 51.2 Å². The largest absolute Gasteiger partial charge is 0.388 e. The number of pyridine rings is 1. The summed E-state index contributed by atoms with van der Waals surface area (Å²) in [4.78, 5) is 15.7. The van der Waals surface area contributed by atoms with Crippen LogP contribution >= 0.6 is 0 Å². The fourth-order valence-electron chi connectivity index (χ4n) is 3.82. The Morgan fingerprint density at radius 3 is 2.82 bits per heavy atom. The lowest BCUT2D eigenvalue weighted by atomic mass is 9.74. The van der Waals surface area contributed by atoms with Crippen molar-refractivity contribution in [2.75, 3.05) is 24.5 Å². The Kier molecular flexibility index (Phi) is 4.55. The van der Waals surface area contributed by atoms with Gasteiger partial charge in [0.1, 0.15) is 17.0 Å². The second-order valence-electron chi connectivity index (χ2n) is 8.19. The first-order valence-corrected chi connectivity index (χ1v) is 9.67. The minimum atomic E-state index is -0.849. The minimum absolute atomic E-state index is 0.124. The van der Waals surface area contributed by atoms with Crippen molar-refractivity contribution in [3.05, 3.63) is 30.6 Å². The Labute approximate surface area is 164 Å². The van der Waals surface area contributed by atoms with Gasteiger partial charge in [-0.05, 0) is 31.9 Å². The predicted molar refractivity (Wildman–Crippen MR) is 109 cm³/mol. The summed E-state index contributed by atoms with van der Waals surface area (Å²) in [6, 6.07) is 5.93. The highest BCUT2D eigenvalue weighted by Gasteiger charge is 2.47. The molecule has 3 aromatic rings. The van der Waals surface area contributed by atoms with Crippen LogP contribution in [0, 0.1) is 5.92 Å². The zero-order valence-electron chi connectivity index (χ0n) is 16.8. The molecule has 0 aliphatic carbocycles. The Morgan fingerprint density at radius 1 is 1.25 bits per heavy atom. The maximum Gasteiger partial charge on any atom is 0.200 e. The van der Waals surface area contributed by atoms with Crippen LogP contribution in [0.2, 0.25) is 0 Å². The number of anilines is 1. The topological polar surface area (TPSA) is 103 Å². The molecule has 2 atom stereocenters. The molecule has 28 heavy (non-hydrogen) atoms. The molecule has 1 aliphatic rings.